The molecule has 2 atom stereocenters. The van der Waals surface area contributed by atoms with Gasteiger partial charge in [0.05, 0.1) is 36.9 Å². The molecule has 1 spiro atoms. The van der Waals surface area contributed by atoms with Crippen molar-refractivity contribution in [3.05, 3.63) is 89.7 Å². The van der Waals surface area contributed by atoms with E-state index in [1.54, 1.807) is 17.1 Å². The summed E-state index contributed by atoms with van der Waals surface area (Å²) in [5.41, 5.74) is 2.43. The van der Waals surface area contributed by atoms with Crippen molar-refractivity contribution in [2.75, 3.05) is 39.3 Å². The first-order chi connectivity index (χ1) is 21.7. The molecule has 3 aliphatic heterocycles. The predicted octanol–water partition coefficient (Wildman–Crippen LogP) is 4.09. The molecule has 4 fully saturated rings. The van der Waals surface area contributed by atoms with Gasteiger partial charge in [-0.25, -0.2) is 0 Å². The number of carbonyl (C=O) groups is 3. The van der Waals surface area contributed by atoms with E-state index < -0.39 is 5.41 Å². The van der Waals surface area contributed by atoms with E-state index in [0.717, 1.165) is 30.4 Å². The number of benzene rings is 2. The number of hydrogen-bond acceptors (Lipinski definition) is 5. The number of likely N-dealkylation sites (tertiary alicyclic amines) is 3. The smallest absolute Gasteiger partial charge is 0.257 e. The van der Waals surface area contributed by atoms with Crippen LogP contribution < -0.4 is 0 Å². The quantitative estimate of drug-likeness (QED) is 0.384. The first-order valence-electron chi connectivity index (χ1n) is 16.3. The molecule has 3 amide bonds. The molecule has 4 aliphatic rings. The minimum absolute atomic E-state index is 0.0551. The highest BCUT2D eigenvalue weighted by atomic mass is 16.5. The van der Waals surface area contributed by atoms with Crippen molar-refractivity contribution in [3.8, 4) is 0 Å². The fourth-order valence-electron chi connectivity index (χ4n) is 7.53. The van der Waals surface area contributed by atoms with Crippen molar-refractivity contribution < 1.29 is 19.1 Å². The first-order valence-corrected chi connectivity index (χ1v) is 16.3. The predicted molar refractivity (Wildman–Crippen MR) is 169 cm³/mol. The first kappa shape index (κ1) is 29.7. The summed E-state index contributed by atoms with van der Waals surface area (Å²) < 4.78 is 7.96. The summed E-state index contributed by atoms with van der Waals surface area (Å²) in [5, 5.41) is 4.45. The van der Waals surface area contributed by atoms with Gasteiger partial charge in [-0.2, -0.15) is 5.10 Å². The maximum absolute atomic E-state index is 14.2. The Hall–Kier alpha value is -3.98. The summed E-state index contributed by atoms with van der Waals surface area (Å²) >= 11 is 0. The van der Waals surface area contributed by atoms with Crippen LogP contribution in [0.5, 0.6) is 0 Å². The topological polar surface area (TPSA) is 88.0 Å². The molecule has 0 radical (unpaired) electrons. The zero-order valence-electron chi connectivity index (χ0n) is 26.3. The van der Waals surface area contributed by atoms with Gasteiger partial charge in [0, 0.05) is 56.8 Å². The molecule has 9 nitrogen and oxygen atoms in total. The second-order valence-corrected chi connectivity index (χ2v) is 14.3. The summed E-state index contributed by atoms with van der Waals surface area (Å²) in [6.45, 7) is 8.62. The third-order valence-electron chi connectivity index (χ3n) is 10.5. The normalized spacial score (nSPS) is 23.6. The Morgan fingerprint density at radius 3 is 2.07 bits per heavy atom. The Labute approximate surface area is 265 Å². The van der Waals surface area contributed by atoms with E-state index in [4.69, 9.17) is 4.74 Å². The Bertz CT molecular complexity index is 1540. The van der Waals surface area contributed by atoms with E-state index >= 15 is 0 Å². The minimum atomic E-state index is -0.415. The minimum Gasteiger partial charge on any atom is -0.373 e. The van der Waals surface area contributed by atoms with Gasteiger partial charge in [-0.3, -0.25) is 19.1 Å². The van der Waals surface area contributed by atoms with Gasteiger partial charge in [0.15, 0.2) is 0 Å². The third kappa shape index (κ3) is 6.02. The van der Waals surface area contributed by atoms with Gasteiger partial charge in [-0.05, 0) is 35.8 Å². The summed E-state index contributed by atoms with van der Waals surface area (Å²) in [6, 6.07) is 20.2. The number of rotatable bonds is 8. The Balaban J connectivity index is 1.02. The summed E-state index contributed by atoms with van der Waals surface area (Å²) in [5.74, 6) is -0.0805. The van der Waals surface area contributed by atoms with Crippen molar-refractivity contribution in [1.82, 2.24) is 24.5 Å². The van der Waals surface area contributed by atoms with Crippen LogP contribution in [0.2, 0.25) is 0 Å². The van der Waals surface area contributed by atoms with Crippen LogP contribution >= 0.6 is 0 Å². The molecule has 1 saturated carbocycles. The van der Waals surface area contributed by atoms with Gasteiger partial charge in [-0.15, -0.1) is 0 Å². The Kier molecular flexibility index (Phi) is 7.76. The highest BCUT2D eigenvalue weighted by molar-refractivity contribution is 5.95. The van der Waals surface area contributed by atoms with Gasteiger partial charge < -0.3 is 19.4 Å². The fraction of sp³-hybridized carbons (Fsp3) is 0.500. The van der Waals surface area contributed by atoms with Crippen LogP contribution in [-0.2, 0) is 27.5 Å². The van der Waals surface area contributed by atoms with E-state index in [1.807, 2.05) is 63.2 Å². The largest absolute Gasteiger partial charge is 0.373 e. The molecule has 45 heavy (non-hydrogen) atoms. The van der Waals surface area contributed by atoms with Crippen LogP contribution in [0.1, 0.15) is 54.6 Å². The van der Waals surface area contributed by atoms with Gasteiger partial charge in [0.25, 0.3) is 5.91 Å². The number of aromatic nitrogens is 2. The molecule has 2 aromatic carbocycles. The van der Waals surface area contributed by atoms with Crippen LogP contribution in [0.25, 0.3) is 0 Å². The molecular formula is C36H43N5O4. The zero-order valence-corrected chi connectivity index (χ0v) is 26.3. The molecule has 4 heterocycles. The van der Waals surface area contributed by atoms with Crippen molar-refractivity contribution in [3.63, 3.8) is 0 Å². The van der Waals surface area contributed by atoms with E-state index in [9.17, 15) is 14.4 Å². The number of ether oxygens (including phenoxy) is 1. The van der Waals surface area contributed by atoms with Gasteiger partial charge in [0.1, 0.15) is 0 Å². The summed E-state index contributed by atoms with van der Waals surface area (Å²) in [7, 11) is 0. The zero-order chi connectivity index (χ0) is 31.2. The fourth-order valence-corrected chi connectivity index (χ4v) is 7.53. The summed E-state index contributed by atoms with van der Waals surface area (Å²) in [6.07, 6.45) is 6.04. The molecule has 0 N–H and O–H groups in total. The summed E-state index contributed by atoms with van der Waals surface area (Å²) in [4.78, 5) is 46.9. The molecule has 236 valence electrons. The highest BCUT2D eigenvalue weighted by Gasteiger charge is 2.62. The average Bonchev–Trinajstić information content (AvgIpc) is 3.35. The SMILES string of the molecule is CC1(C)C[C@@H]1C(=O)N1CC2(CN(C(=O)c3cnn(Cc4ccccc4)c3)C[C@H]2C(=O)N2CCC(OCc3ccccc3)CC2)C1. The maximum Gasteiger partial charge on any atom is 0.257 e. The molecule has 7 rings (SSSR count). The molecule has 3 saturated heterocycles. The molecular weight excluding hydrogens is 566 g/mol. The van der Waals surface area contributed by atoms with E-state index in [-0.39, 0.29) is 41.1 Å². The molecule has 9 heteroatoms. The van der Waals surface area contributed by atoms with Crippen LogP contribution in [0, 0.1) is 22.7 Å². The number of hydrogen-bond donors (Lipinski definition) is 0. The molecule has 0 bridgehead atoms. The van der Waals surface area contributed by atoms with Gasteiger partial charge in [0.2, 0.25) is 11.8 Å². The van der Waals surface area contributed by atoms with Crippen molar-refractivity contribution in [1.29, 1.82) is 0 Å². The van der Waals surface area contributed by atoms with Crippen LogP contribution in [0.3, 0.4) is 0 Å². The monoisotopic (exact) mass is 609 g/mol. The molecule has 0 unspecified atom stereocenters. The Morgan fingerprint density at radius 2 is 1.42 bits per heavy atom. The molecule has 3 aromatic rings. The van der Waals surface area contributed by atoms with Crippen molar-refractivity contribution in [2.45, 2.75) is 52.4 Å². The number of nitrogens with zero attached hydrogens (tertiary/aromatic N) is 5. The lowest BCUT2D eigenvalue weighted by atomic mass is 9.70. The van der Waals surface area contributed by atoms with E-state index in [2.05, 4.69) is 31.1 Å². The van der Waals surface area contributed by atoms with E-state index in [1.165, 1.54) is 0 Å². The number of amides is 3. The highest BCUT2D eigenvalue weighted by Crippen LogP contribution is 2.55. The Morgan fingerprint density at radius 1 is 0.822 bits per heavy atom. The van der Waals surface area contributed by atoms with Crippen LogP contribution in [-0.4, -0.2) is 87.6 Å². The lowest BCUT2D eigenvalue weighted by Gasteiger charge is -2.51. The lowest BCUT2D eigenvalue weighted by Crippen LogP contribution is -2.65. The lowest BCUT2D eigenvalue weighted by molar-refractivity contribution is -0.156. The van der Waals surface area contributed by atoms with Crippen molar-refractivity contribution >= 4 is 17.7 Å². The number of carbonyl (C=O) groups excluding carboxylic acids is 3. The van der Waals surface area contributed by atoms with Crippen LogP contribution in [0.15, 0.2) is 73.1 Å². The maximum atomic E-state index is 14.2. The standard InChI is InChI=1S/C36H43N5O4/c1-35(2)17-30(35)33(43)40-24-36(25-40)23-39(32(42)28-18-37-41(20-28)19-26-9-5-3-6-10-26)21-31(36)34(44)38-15-13-29(14-16-38)45-22-27-11-7-4-8-12-27/h3-12,18,20,29-31H,13-17,19,21-25H2,1-2H3/t30-,31+/m1/s1. The van der Waals surface area contributed by atoms with Crippen LogP contribution in [0.4, 0.5) is 0 Å². The molecule has 1 aliphatic carbocycles. The number of piperidine rings is 1. The van der Waals surface area contributed by atoms with E-state index in [0.29, 0.717) is 58.0 Å². The average molecular weight is 610 g/mol. The second kappa shape index (κ2) is 11.7. The second-order valence-electron chi connectivity index (χ2n) is 14.3. The van der Waals surface area contributed by atoms with Gasteiger partial charge in [-0.1, -0.05) is 74.5 Å². The van der Waals surface area contributed by atoms with Crippen molar-refractivity contribution in [2.24, 2.45) is 22.7 Å². The molecule has 1 aromatic heterocycles. The van der Waals surface area contributed by atoms with Gasteiger partial charge >= 0.3 is 0 Å². The third-order valence-corrected chi connectivity index (χ3v) is 10.5.